The fourth-order valence-electron chi connectivity index (χ4n) is 2.04. The van der Waals surface area contributed by atoms with Crippen molar-refractivity contribution in [1.29, 1.82) is 0 Å². The van der Waals surface area contributed by atoms with E-state index in [1.807, 2.05) is 19.1 Å². The first-order chi connectivity index (χ1) is 9.83. The molecule has 0 saturated heterocycles. The molecule has 21 heavy (non-hydrogen) atoms. The molecule has 3 nitrogen and oxygen atoms in total. The van der Waals surface area contributed by atoms with Crippen LogP contribution in [0.25, 0.3) is 0 Å². The zero-order valence-electron chi connectivity index (χ0n) is 12.3. The maximum atomic E-state index is 12.0. The van der Waals surface area contributed by atoms with Crippen LogP contribution in [0.1, 0.15) is 36.5 Å². The predicted molar refractivity (Wildman–Crippen MR) is 75.5 cm³/mol. The zero-order valence-corrected chi connectivity index (χ0v) is 12.3. The molecule has 0 amide bonds. The first-order valence-corrected chi connectivity index (χ1v) is 6.93. The van der Waals surface area contributed by atoms with Gasteiger partial charge in [0.1, 0.15) is 5.75 Å². The van der Waals surface area contributed by atoms with Crippen LogP contribution < -0.4 is 10.1 Å². The van der Waals surface area contributed by atoms with Gasteiger partial charge in [-0.05, 0) is 38.4 Å². The number of aliphatic hydroxyl groups is 1. The SMILES string of the molecule is COc1ccc(C)cc1C(O)CNCCCCC(F)(F)F. The van der Waals surface area contributed by atoms with E-state index in [-0.39, 0.29) is 13.0 Å². The molecule has 0 saturated carbocycles. The van der Waals surface area contributed by atoms with Gasteiger partial charge in [-0.2, -0.15) is 13.2 Å². The highest BCUT2D eigenvalue weighted by molar-refractivity contribution is 5.38. The lowest BCUT2D eigenvalue weighted by Crippen LogP contribution is -2.23. The normalized spacial score (nSPS) is 13.2. The summed E-state index contributed by atoms with van der Waals surface area (Å²) in [5.41, 5.74) is 1.69. The van der Waals surface area contributed by atoms with Gasteiger partial charge >= 0.3 is 6.18 Å². The second-order valence-electron chi connectivity index (χ2n) is 5.04. The smallest absolute Gasteiger partial charge is 0.389 e. The number of aliphatic hydroxyl groups excluding tert-OH is 1. The zero-order chi connectivity index (χ0) is 15.9. The third kappa shape index (κ3) is 6.82. The van der Waals surface area contributed by atoms with Crippen molar-refractivity contribution in [2.75, 3.05) is 20.2 Å². The molecule has 1 aromatic carbocycles. The number of aryl methyl sites for hydroxylation is 1. The van der Waals surface area contributed by atoms with Crippen molar-refractivity contribution in [3.63, 3.8) is 0 Å². The molecule has 0 aliphatic rings. The number of hydrogen-bond donors (Lipinski definition) is 2. The molecule has 0 aliphatic carbocycles. The predicted octanol–water partition coefficient (Wildman–Crippen LogP) is 3.36. The molecule has 120 valence electrons. The van der Waals surface area contributed by atoms with Gasteiger partial charge in [-0.25, -0.2) is 0 Å². The van der Waals surface area contributed by atoms with Crippen molar-refractivity contribution in [3.05, 3.63) is 29.3 Å². The van der Waals surface area contributed by atoms with E-state index in [2.05, 4.69) is 5.32 Å². The van der Waals surface area contributed by atoms with Crippen LogP contribution in [0, 0.1) is 6.92 Å². The second kappa shape index (κ2) is 8.24. The summed E-state index contributed by atoms with van der Waals surface area (Å²) in [6.45, 7) is 2.65. The van der Waals surface area contributed by atoms with Gasteiger partial charge in [0, 0.05) is 18.5 Å². The van der Waals surface area contributed by atoms with Gasteiger partial charge < -0.3 is 15.2 Å². The van der Waals surface area contributed by atoms with Crippen molar-refractivity contribution in [1.82, 2.24) is 5.32 Å². The Balaban J connectivity index is 2.34. The van der Waals surface area contributed by atoms with E-state index >= 15 is 0 Å². The maximum absolute atomic E-state index is 12.0. The number of halogens is 3. The molecule has 0 bridgehead atoms. The summed E-state index contributed by atoms with van der Waals surface area (Å²) in [4.78, 5) is 0. The van der Waals surface area contributed by atoms with Gasteiger partial charge in [-0.1, -0.05) is 11.6 Å². The number of rotatable bonds is 8. The van der Waals surface area contributed by atoms with Gasteiger partial charge in [0.05, 0.1) is 13.2 Å². The highest BCUT2D eigenvalue weighted by Gasteiger charge is 2.25. The molecular weight excluding hydrogens is 283 g/mol. The quantitative estimate of drug-likeness (QED) is 0.724. The van der Waals surface area contributed by atoms with E-state index in [0.717, 1.165) is 5.56 Å². The Labute approximate surface area is 123 Å². The molecule has 0 radical (unpaired) electrons. The van der Waals surface area contributed by atoms with E-state index in [1.165, 1.54) is 7.11 Å². The Morgan fingerprint density at radius 2 is 2.00 bits per heavy atom. The van der Waals surface area contributed by atoms with E-state index in [4.69, 9.17) is 4.74 Å². The third-order valence-electron chi connectivity index (χ3n) is 3.15. The van der Waals surface area contributed by atoms with Gasteiger partial charge in [0.25, 0.3) is 0 Å². The first-order valence-electron chi connectivity index (χ1n) is 6.93. The van der Waals surface area contributed by atoms with Crippen LogP contribution in [-0.4, -0.2) is 31.5 Å². The van der Waals surface area contributed by atoms with Crippen molar-refractivity contribution >= 4 is 0 Å². The lowest BCUT2D eigenvalue weighted by Gasteiger charge is -2.16. The van der Waals surface area contributed by atoms with Crippen LogP contribution in [0.15, 0.2) is 18.2 Å². The number of hydrogen-bond acceptors (Lipinski definition) is 3. The molecule has 6 heteroatoms. The summed E-state index contributed by atoms with van der Waals surface area (Å²) in [5.74, 6) is 0.604. The minimum Gasteiger partial charge on any atom is -0.496 e. The summed E-state index contributed by atoms with van der Waals surface area (Å²) in [5, 5.41) is 13.1. The molecule has 2 N–H and O–H groups in total. The molecule has 1 atom stereocenters. The Morgan fingerprint density at radius 1 is 1.29 bits per heavy atom. The second-order valence-corrected chi connectivity index (χ2v) is 5.04. The van der Waals surface area contributed by atoms with Gasteiger partial charge in [0.15, 0.2) is 0 Å². The molecule has 0 aromatic heterocycles. The highest BCUT2D eigenvalue weighted by atomic mass is 19.4. The number of alkyl halides is 3. The van der Waals surface area contributed by atoms with E-state index in [0.29, 0.717) is 24.3 Å². The van der Waals surface area contributed by atoms with Crippen LogP contribution >= 0.6 is 0 Å². The molecule has 0 heterocycles. The largest absolute Gasteiger partial charge is 0.496 e. The molecule has 1 rings (SSSR count). The number of benzene rings is 1. The van der Waals surface area contributed by atoms with Gasteiger partial charge in [-0.3, -0.25) is 0 Å². The van der Waals surface area contributed by atoms with Crippen LogP contribution in [0.3, 0.4) is 0 Å². The third-order valence-corrected chi connectivity index (χ3v) is 3.15. The lowest BCUT2D eigenvalue weighted by molar-refractivity contribution is -0.135. The Morgan fingerprint density at radius 3 is 2.62 bits per heavy atom. The maximum Gasteiger partial charge on any atom is 0.389 e. The Bertz CT molecular complexity index is 435. The summed E-state index contributed by atoms with van der Waals surface area (Å²) in [6, 6.07) is 5.52. The summed E-state index contributed by atoms with van der Waals surface area (Å²) < 4.78 is 41.1. The fraction of sp³-hybridized carbons (Fsp3) is 0.600. The molecule has 0 spiro atoms. The topological polar surface area (TPSA) is 41.5 Å². The van der Waals surface area contributed by atoms with E-state index in [1.54, 1.807) is 6.07 Å². The Kier molecular flexibility index (Phi) is 6.98. The van der Waals surface area contributed by atoms with Crippen molar-refractivity contribution in [2.24, 2.45) is 0 Å². The van der Waals surface area contributed by atoms with Crippen LogP contribution in [0.4, 0.5) is 13.2 Å². The minimum atomic E-state index is -4.09. The van der Waals surface area contributed by atoms with Crippen LogP contribution in [0.2, 0.25) is 0 Å². The molecule has 1 unspecified atom stereocenters. The van der Waals surface area contributed by atoms with Crippen LogP contribution in [-0.2, 0) is 0 Å². The number of nitrogens with one attached hydrogen (secondary N) is 1. The fourth-order valence-corrected chi connectivity index (χ4v) is 2.04. The average molecular weight is 305 g/mol. The van der Waals surface area contributed by atoms with Crippen LogP contribution in [0.5, 0.6) is 5.75 Å². The summed E-state index contributed by atoms with van der Waals surface area (Å²) >= 11 is 0. The van der Waals surface area contributed by atoms with Crippen molar-refractivity contribution in [2.45, 2.75) is 38.5 Å². The molecule has 1 aromatic rings. The van der Waals surface area contributed by atoms with Crippen molar-refractivity contribution in [3.8, 4) is 5.75 Å². The molecule has 0 aliphatic heterocycles. The standard InChI is InChI=1S/C15H22F3NO2/c1-11-5-6-14(21-2)12(9-11)13(20)10-19-8-4-3-7-15(16,17)18/h5-6,9,13,19-20H,3-4,7-8,10H2,1-2H3. The average Bonchev–Trinajstić information content (AvgIpc) is 2.41. The highest BCUT2D eigenvalue weighted by Crippen LogP contribution is 2.26. The number of unbranched alkanes of at least 4 members (excludes halogenated alkanes) is 1. The molecular formula is C15H22F3NO2. The lowest BCUT2D eigenvalue weighted by atomic mass is 10.1. The van der Waals surface area contributed by atoms with Crippen molar-refractivity contribution < 1.29 is 23.0 Å². The number of ether oxygens (including phenoxy) is 1. The van der Waals surface area contributed by atoms with Gasteiger partial charge in [0.2, 0.25) is 0 Å². The van der Waals surface area contributed by atoms with Gasteiger partial charge in [-0.15, -0.1) is 0 Å². The monoisotopic (exact) mass is 305 g/mol. The minimum absolute atomic E-state index is 0.0976. The van der Waals surface area contributed by atoms with E-state index < -0.39 is 18.7 Å². The molecule has 0 fully saturated rings. The summed E-state index contributed by atoms with van der Waals surface area (Å²) in [6.07, 6.45) is -5.07. The summed E-state index contributed by atoms with van der Waals surface area (Å²) in [7, 11) is 1.53. The van der Waals surface area contributed by atoms with E-state index in [9.17, 15) is 18.3 Å². The first kappa shape index (κ1) is 17.8. The number of methoxy groups -OCH3 is 1. The Hall–Kier alpha value is -1.27.